The fraction of sp³-hybridized carbons (Fsp3) is 0.833. The van der Waals surface area contributed by atoms with E-state index in [4.69, 9.17) is 0 Å². The molecular weight excluding hydrogens is 644 g/mol. The van der Waals surface area contributed by atoms with Gasteiger partial charge in [-0.15, -0.1) is 0 Å². The van der Waals surface area contributed by atoms with Gasteiger partial charge in [0.15, 0.2) is 0 Å². The second-order valence-electron chi connectivity index (χ2n) is 8.11. The Hall–Kier alpha value is -2.23. The lowest BCUT2D eigenvalue weighted by molar-refractivity contribution is -0.422. The molecular formula is C18H14F20O3. The molecule has 244 valence electrons. The Labute approximate surface area is 214 Å². The van der Waals surface area contributed by atoms with Gasteiger partial charge < -0.3 is 9.47 Å². The van der Waals surface area contributed by atoms with Gasteiger partial charge in [0.25, 0.3) is 0 Å². The molecule has 41 heavy (non-hydrogen) atoms. The Bertz CT molecular complexity index is 933. The van der Waals surface area contributed by atoms with Crippen LogP contribution in [0, 0.1) is 0 Å². The van der Waals surface area contributed by atoms with Crippen LogP contribution in [-0.4, -0.2) is 79.1 Å². The molecule has 0 radical (unpaired) electrons. The van der Waals surface area contributed by atoms with E-state index in [2.05, 4.69) is 16.1 Å². The molecule has 0 saturated heterocycles. The lowest BCUT2D eigenvalue weighted by atomic mass is 9.96. The number of carbonyl (C=O) groups excluding carboxylic acids is 1. The van der Waals surface area contributed by atoms with Crippen LogP contribution in [0.25, 0.3) is 0 Å². The Morgan fingerprint density at radius 3 is 1.34 bits per heavy atom. The van der Waals surface area contributed by atoms with E-state index in [-0.39, 0.29) is 0 Å². The molecule has 0 aromatic heterocycles. The van der Waals surface area contributed by atoms with Crippen LogP contribution in [0.3, 0.4) is 0 Å². The van der Waals surface area contributed by atoms with Crippen molar-refractivity contribution >= 4 is 5.97 Å². The number of esters is 1. The van der Waals surface area contributed by atoms with Crippen molar-refractivity contribution in [3.05, 3.63) is 12.2 Å². The van der Waals surface area contributed by atoms with Gasteiger partial charge in [-0.05, 0) is 6.92 Å². The van der Waals surface area contributed by atoms with E-state index in [1.807, 2.05) is 0 Å². The van der Waals surface area contributed by atoms with Gasteiger partial charge in [0.2, 0.25) is 0 Å². The summed E-state index contributed by atoms with van der Waals surface area (Å²) >= 11 is 0. The highest BCUT2D eigenvalue weighted by molar-refractivity contribution is 5.87. The normalized spacial score (nSPS) is 16.0. The average molecular weight is 658 g/mol. The zero-order chi connectivity index (χ0) is 33.5. The predicted octanol–water partition coefficient (Wildman–Crippen LogP) is 7.84. The number of hydrogen-bond donors (Lipinski definition) is 0. The van der Waals surface area contributed by atoms with Gasteiger partial charge in [-0.25, -0.2) is 4.79 Å². The van der Waals surface area contributed by atoms with E-state index in [1.54, 1.807) is 0 Å². The van der Waals surface area contributed by atoms with Gasteiger partial charge in [0, 0.05) is 12.0 Å². The molecule has 1 atom stereocenters. The molecule has 0 amide bonds. The summed E-state index contributed by atoms with van der Waals surface area (Å²) in [7, 11) is 0. The molecule has 0 aliphatic rings. The number of hydrogen-bond acceptors (Lipinski definition) is 3. The van der Waals surface area contributed by atoms with Gasteiger partial charge in [0.05, 0.1) is 19.6 Å². The van der Waals surface area contributed by atoms with Crippen molar-refractivity contribution in [3.63, 3.8) is 0 Å². The van der Waals surface area contributed by atoms with Crippen molar-refractivity contribution in [1.29, 1.82) is 0 Å². The minimum Gasteiger partial charge on any atom is -0.456 e. The van der Waals surface area contributed by atoms with Crippen LogP contribution >= 0.6 is 0 Å². The third kappa shape index (κ3) is 7.23. The monoisotopic (exact) mass is 658 g/mol. The summed E-state index contributed by atoms with van der Waals surface area (Å²) in [6, 6.07) is 0. The van der Waals surface area contributed by atoms with E-state index in [9.17, 15) is 92.6 Å². The molecule has 0 aromatic carbocycles. The number of carbonyl (C=O) groups is 1. The molecule has 0 aliphatic heterocycles. The molecule has 0 spiro atoms. The minimum atomic E-state index is -7.82. The maximum absolute atomic E-state index is 13.9. The quantitative estimate of drug-likeness (QED) is 0.0827. The molecule has 23 heteroatoms. The zero-order valence-corrected chi connectivity index (χ0v) is 19.4. The van der Waals surface area contributed by atoms with Crippen molar-refractivity contribution in [2.24, 2.45) is 0 Å². The highest BCUT2D eigenvalue weighted by Gasteiger charge is 2.87. The Morgan fingerprint density at radius 1 is 0.610 bits per heavy atom. The lowest BCUT2D eigenvalue weighted by Gasteiger charge is -2.37. The Balaban J connectivity index is 5.92. The summed E-state index contributed by atoms with van der Waals surface area (Å²) in [5.74, 6) is -52.7. The fourth-order valence-corrected chi connectivity index (χ4v) is 2.39. The average Bonchev–Trinajstić information content (AvgIpc) is 2.73. The minimum absolute atomic E-state index is 0.713. The maximum Gasteiger partial charge on any atom is 0.460 e. The predicted molar refractivity (Wildman–Crippen MR) is 91.5 cm³/mol. The first-order chi connectivity index (χ1) is 17.7. The number of ether oxygens (including phenoxy) is 2. The third-order valence-corrected chi connectivity index (χ3v) is 4.78. The van der Waals surface area contributed by atoms with Gasteiger partial charge in [-0.1, -0.05) is 6.58 Å². The van der Waals surface area contributed by atoms with Crippen LogP contribution in [0.4, 0.5) is 87.8 Å². The van der Waals surface area contributed by atoms with E-state index in [0.717, 1.165) is 0 Å². The molecule has 0 bridgehead atoms. The number of halogens is 20. The molecule has 0 saturated carbocycles. The summed E-state index contributed by atoms with van der Waals surface area (Å²) in [5, 5.41) is 0. The van der Waals surface area contributed by atoms with Crippen LogP contribution in [-0.2, 0) is 14.3 Å². The van der Waals surface area contributed by atoms with Crippen LogP contribution in [0.1, 0.15) is 19.8 Å². The number of alkyl halides is 20. The highest BCUT2D eigenvalue weighted by Crippen LogP contribution is 2.58. The molecule has 0 aliphatic carbocycles. The molecule has 3 nitrogen and oxygen atoms in total. The van der Waals surface area contributed by atoms with Crippen molar-refractivity contribution in [2.75, 3.05) is 13.2 Å². The summed E-state index contributed by atoms with van der Waals surface area (Å²) in [6.07, 6.45) is -23.9. The Morgan fingerprint density at radius 2 is 0.976 bits per heavy atom. The van der Waals surface area contributed by atoms with Crippen LogP contribution in [0.5, 0.6) is 0 Å². The summed E-state index contributed by atoms with van der Waals surface area (Å²) in [5.41, 5.74) is -0.801. The number of rotatable bonds is 14. The standard InChI is InChI=1S/C18H14F20O3/c1-7(2)9(39)41-8(5-11(21,22)13(25,26)15(29,30)17(33,34)35)6-40-4-3-10(19,20)12(23,24)14(27,28)16(31,32)18(36,37)38/h8H,1,3-6H2,2H3. The summed E-state index contributed by atoms with van der Waals surface area (Å²) in [4.78, 5) is 11.5. The summed E-state index contributed by atoms with van der Waals surface area (Å²) in [6.45, 7) is -0.728. The lowest BCUT2D eigenvalue weighted by Crippen LogP contribution is -2.66. The van der Waals surface area contributed by atoms with Crippen LogP contribution in [0.2, 0.25) is 0 Å². The van der Waals surface area contributed by atoms with Crippen LogP contribution in [0.15, 0.2) is 12.2 Å². The zero-order valence-electron chi connectivity index (χ0n) is 19.4. The molecule has 0 N–H and O–H groups in total. The summed E-state index contributed by atoms with van der Waals surface area (Å²) < 4.78 is 268. The van der Waals surface area contributed by atoms with Crippen molar-refractivity contribution < 1.29 is 102 Å². The largest absolute Gasteiger partial charge is 0.460 e. The van der Waals surface area contributed by atoms with Crippen molar-refractivity contribution in [1.82, 2.24) is 0 Å². The van der Waals surface area contributed by atoms with Gasteiger partial charge >= 0.3 is 59.8 Å². The topological polar surface area (TPSA) is 35.5 Å². The second kappa shape index (κ2) is 11.5. The van der Waals surface area contributed by atoms with Crippen LogP contribution < -0.4 is 0 Å². The van der Waals surface area contributed by atoms with E-state index in [1.165, 1.54) is 0 Å². The van der Waals surface area contributed by atoms with Gasteiger partial charge in [-0.3, -0.25) is 0 Å². The maximum atomic E-state index is 13.9. The fourth-order valence-electron chi connectivity index (χ4n) is 2.39. The third-order valence-electron chi connectivity index (χ3n) is 4.78. The van der Waals surface area contributed by atoms with E-state index < -0.39 is 97.5 Å². The van der Waals surface area contributed by atoms with Gasteiger partial charge in [0.1, 0.15) is 6.10 Å². The first-order valence-electron chi connectivity index (χ1n) is 9.88. The van der Waals surface area contributed by atoms with Crippen molar-refractivity contribution in [3.8, 4) is 0 Å². The highest BCUT2D eigenvalue weighted by atomic mass is 19.4. The molecule has 0 aromatic rings. The molecule has 0 fully saturated rings. The van der Waals surface area contributed by atoms with Gasteiger partial charge in [-0.2, -0.15) is 87.8 Å². The molecule has 0 heterocycles. The smallest absolute Gasteiger partial charge is 0.456 e. The van der Waals surface area contributed by atoms with E-state index in [0.29, 0.717) is 6.92 Å². The van der Waals surface area contributed by atoms with Crippen molar-refractivity contribution in [2.45, 2.75) is 79.7 Å². The molecule has 0 rings (SSSR count). The first-order valence-corrected chi connectivity index (χ1v) is 9.88. The SMILES string of the molecule is C=C(C)C(=O)OC(COCCC(F)(F)C(F)(F)C(F)(F)C(F)(F)C(F)(F)F)CC(F)(F)C(F)(F)C(F)(F)C(F)(F)F. The first kappa shape index (κ1) is 38.8. The Kier molecular flexibility index (Phi) is 10.8. The second-order valence-corrected chi connectivity index (χ2v) is 8.11. The molecule has 1 unspecified atom stereocenters. The van der Waals surface area contributed by atoms with E-state index >= 15 is 0 Å².